The van der Waals surface area contributed by atoms with Crippen LogP contribution >= 0.6 is 0 Å². The summed E-state index contributed by atoms with van der Waals surface area (Å²) in [6.07, 6.45) is 0. The minimum absolute atomic E-state index is 0.108. The fourth-order valence-electron chi connectivity index (χ4n) is 2.74. The van der Waals surface area contributed by atoms with Crippen molar-refractivity contribution in [1.29, 1.82) is 0 Å². The Hall–Kier alpha value is -3.69. The molecule has 0 amide bonds. The first-order valence-electron chi connectivity index (χ1n) is 9.33. The first-order valence-corrected chi connectivity index (χ1v) is 10.8. The fourth-order valence-corrected chi connectivity index (χ4v) is 3.73. The maximum Gasteiger partial charge on any atom is 0.242 e. The van der Waals surface area contributed by atoms with Crippen LogP contribution in [0.15, 0.2) is 88.3 Å². The summed E-state index contributed by atoms with van der Waals surface area (Å²) < 4.78 is 43.1. The quantitative estimate of drug-likeness (QED) is 0.444. The van der Waals surface area contributed by atoms with Crippen LogP contribution in [-0.2, 0) is 16.6 Å². The van der Waals surface area contributed by atoms with E-state index < -0.39 is 10.0 Å². The summed E-state index contributed by atoms with van der Waals surface area (Å²) in [6.45, 7) is -0.108. The Morgan fingerprint density at radius 2 is 1.48 bits per heavy atom. The Bertz CT molecular complexity index is 1240. The molecule has 1 N–H and O–H groups in total. The van der Waals surface area contributed by atoms with Gasteiger partial charge in [0.15, 0.2) is 0 Å². The van der Waals surface area contributed by atoms with Crippen molar-refractivity contribution in [3.63, 3.8) is 0 Å². The van der Waals surface area contributed by atoms with E-state index >= 15 is 0 Å². The Kier molecular flexibility index (Phi) is 5.96. The molecular formula is C22H19N3O5S. The van der Waals surface area contributed by atoms with Crippen LogP contribution in [0.5, 0.6) is 17.2 Å². The molecule has 4 aromatic rings. The molecule has 0 aliphatic heterocycles. The number of hydrogen-bond donors (Lipinski definition) is 1. The zero-order chi connectivity index (χ0) is 21.7. The molecule has 4 rings (SSSR count). The number of rotatable bonds is 8. The maximum absolute atomic E-state index is 12.3. The Morgan fingerprint density at radius 3 is 2.13 bits per heavy atom. The lowest BCUT2D eigenvalue weighted by Crippen LogP contribution is -2.23. The molecule has 0 unspecified atom stereocenters. The minimum atomic E-state index is -3.66. The smallest absolute Gasteiger partial charge is 0.242 e. The zero-order valence-corrected chi connectivity index (χ0v) is 17.4. The van der Waals surface area contributed by atoms with Gasteiger partial charge in [0.05, 0.1) is 18.6 Å². The van der Waals surface area contributed by atoms with E-state index in [2.05, 4.69) is 14.9 Å². The zero-order valence-electron chi connectivity index (χ0n) is 16.6. The highest BCUT2D eigenvalue weighted by molar-refractivity contribution is 7.89. The summed E-state index contributed by atoms with van der Waals surface area (Å²) >= 11 is 0. The molecule has 31 heavy (non-hydrogen) atoms. The van der Waals surface area contributed by atoms with Crippen molar-refractivity contribution in [2.45, 2.75) is 11.4 Å². The van der Waals surface area contributed by atoms with E-state index in [1.54, 1.807) is 49.6 Å². The minimum Gasteiger partial charge on any atom is -0.497 e. The van der Waals surface area contributed by atoms with E-state index in [9.17, 15) is 8.42 Å². The number of aromatic nitrogens is 2. The number of benzene rings is 3. The molecule has 0 atom stereocenters. The Morgan fingerprint density at radius 1 is 0.871 bits per heavy atom. The van der Waals surface area contributed by atoms with Crippen LogP contribution in [0.2, 0.25) is 0 Å². The molecule has 0 spiro atoms. The third-order valence-corrected chi connectivity index (χ3v) is 5.76. The number of nitrogens with one attached hydrogen (secondary N) is 1. The summed E-state index contributed by atoms with van der Waals surface area (Å²) in [5.41, 5.74) is 0.711. The van der Waals surface area contributed by atoms with Crippen molar-refractivity contribution in [1.82, 2.24) is 14.9 Å². The van der Waals surface area contributed by atoms with E-state index in [1.807, 2.05) is 24.3 Å². The number of ether oxygens (including phenoxy) is 2. The van der Waals surface area contributed by atoms with Gasteiger partial charge < -0.3 is 14.0 Å². The highest BCUT2D eigenvalue weighted by Gasteiger charge is 2.16. The van der Waals surface area contributed by atoms with E-state index in [0.717, 1.165) is 5.75 Å². The molecule has 0 saturated carbocycles. The highest BCUT2D eigenvalue weighted by atomic mass is 32.2. The molecule has 0 aliphatic rings. The molecule has 0 radical (unpaired) electrons. The molecule has 0 aliphatic carbocycles. The van der Waals surface area contributed by atoms with Crippen LogP contribution in [0.25, 0.3) is 11.4 Å². The summed E-state index contributed by atoms with van der Waals surface area (Å²) in [5.74, 6) is 2.59. The predicted octanol–water partition coefficient (Wildman–Crippen LogP) is 4.02. The van der Waals surface area contributed by atoms with Crippen molar-refractivity contribution in [3.8, 4) is 28.6 Å². The van der Waals surface area contributed by atoms with Crippen molar-refractivity contribution in [2.24, 2.45) is 0 Å². The molecule has 3 aromatic carbocycles. The molecule has 0 bridgehead atoms. The molecule has 0 saturated heterocycles. The van der Waals surface area contributed by atoms with Gasteiger partial charge in [-0.15, -0.1) is 0 Å². The van der Waals surface area contributed by atoms with Gasteiger partial charge in [-0.25, -0.2) is 13.1 Å². The Balaban J connectivity index is 1.39. The van der Waals surface area contributed by atoms with Crippen LogP contribution in [0, 0.1) is 0 Å². The van der Waals surface area contributed by atoms with Crippen LogP contribution < -0.4 is 14.2 Å². The van der Waals surface area contributed by atoms with Crippen molar-refractivity contribution < 1.29 is 22.4 Å². The second-order valence-electron chi connectivity index (χ2n) is 6.45. The van der Waals surface area contributed by atoms with Crippen LogP contribution in [-0.4, -0.2) is 25.7 Å². The summed E-state index contributed by atoms with van der Waals surface area (Å²) in [5, 5.41) is 3.92. The van der Waals surface area contributed by atoms with E-state index in [0.29, 0.717) is 22.9 Å². The molecule has 1 heterocycles. The van der Waals surface area contributed by atoms with Crippen LogP contribution in [0.1, 0.15) is 5.89 Å². The highest BCUT2D eigenvalue weighted by Crippen LogP contribution is 2.26. The van der Waals surface area contributed by atoms with Crippen molar-refractivity contribution in [2.75, 3.05) is 7.11 Å². The largest absolute Gasteiger partial charge is 0.497 e. The normalized spacial score (nSPS) is 11.3. The van der Waals surface area contributed by atoms with Gasteiger partial charge in [0.25, 0.3) is 0 Å². The van der Waals surface area contributed by atoms with Gasteiger partial charge in [-0.3, -0.25) is 0 Å². The second kappa shape index (κ2) is 8.99. The lowest BCUT2D eigenvalue weighted by molar-refractivity contribution is 0.376. The molecular weight excluding hydrogens is 418 g/mol. The first-order chi connectivity index (χ1) is 15.0. The lowest BCUT2D eigenvalue weighted by atomic mass is 10.2. The second-order valence-corrected chi connectivity index (χ2v) is 8.22. The van der Waals surface area contributed by atoms with Crippen LogP contribution in [0.3, 0.4) is 0 Å². The van der Waals surface area contributed by atoms with Gasteiger partial charge in [-0.1, -0.05) is 23.4 Å². The SMILES string of the molecule is COc1ccc(Oc2ccc(-c3noc(CNS(=O)(=O)c4ccccc4)n3)cc2)cc1. The summed E-state index contributed by atoms with van der Waals surface area (Å²) in [4.78, 5) is 4.42. The van der Waals surface area contributed by atoms with E-state index in [-0.39, 0.29) is 17.3 Å². The van der Waals surface area contributed by atoms with Crippen molar-refractivity contribution >= 4 is 10.0 Å². The summed E-state index contributed by atoms with van der Waals surface area (Å²) in [7, 11) is -2.05. The molecule has 158 valence electrons. The summed E-state index contributed by atoms with van der Waals surface area (Å²) in [6, 6.07) is 22.5. The van der Waals surface area contributed by atoms with Crippen LogP contribution in [0.4, 0.5) is 0 Å². The van der Waals surface area contributed by atoms with Gasteiger partial charge in [-0.2, -0.15) is 4.98 Å². The van der Waals surface area contributed by atoms with Gasteiger partial charge in [0.1, 0.15) is 17.2 Å². The Labute approximate surface area is 179 Å². The monoisotopic (exact) mass is 437 g/mol. The standard InChI is InChI=1S/C22H19N3O5S/c1-28-17-11-13-19(14-12-17)29-18-9-7-16(8-10-18)22-24-21(30-25-22)15-23-31(26,27)20-5-3-2-4-6-20/h2-14,23H,15H2,1H3. The van der Waals surface area contributed by atoms with Gasteiger partial charge in [0, 0.05) is 5.56 Å². The molecule has 9 heteroatoms. The molecule has 0 fully saturated rings. The van der Waals surface area contributed by atoms with Crippen molar-refractivity contribution in [3.05, 3.63) is 84.8 Å². The number of nitrogens with zero attached hydrogens (tertiary/aromatic N) is 2. The van der Waals surface area contributed by atoms with E-state index in [1.165, 1.54) is 12.1 Å². The first kappa shape index (κ1) is 20.6. The van der Waals surface area contributed by atoms with Gasteiger partial charge >= 0.3 is 0 Å². The third-order valence-electron chi connectivity index (χ3n) is 4.34. The molecule has 8 nitrogen and oxygen atoms in total. The number of methoxy groups -OCH3 is 1. The van der Waals surface area contributed by atoms with Gasteiger partial charge in [-0.05, 0) is 60.7 Å². The third kappa shape index (κ3) is 5.08. The van der Waals surface area contributed by atoms with Gasteiger partial charge in [0.2, 0.25) is 21.7 Å². The lowest BCUT2D eigenvalue weighted by Gasteiger charge is -2.06. The fraction of sp³-hybridized carbons (Fsp3) is 0.0909. The average molecular weight is 437 g/mol. The molecule has 1 aromatic heterocycles. The topological polar surface area (TPSA) is 104 Å². The number of sulfonamides is 1. The maximum atomic E-state index is 12.3. The average Bonchev–Trinajstić information content (AvgIpc) is 3.29. The number of hydrogen-bond acceptors (Lipinski definition) is 7. The predicted molar refractivity (Wildman–Crippen MR) is 113 cm³/mol. The van der Waals surface area contributed by atoms with E-state index in [4.69, 9.17) is 14.0 Å².